The molecule has 0 bridgehead atoms. The fourth-order valence-electron chi connectivity index (χ4n) is 3.79. The average molecular weight is 354 g/mol. The highest BCUT2D eigenvalue weighted by Gasteiger charge is 2.38. The molecule has 1 aromatic carbocycles. The highest BCUT2D eigenvalue weighted by atomic mass is 16.2. The van der Waals surface area contributed by atoms with E-state index >= 15 is 0 Å². The number of fused-ring (bicyclic) bond motifs is 1. The SMILES string of the molecule is CN(C)[C@@H]1CN(C(=O)Cc2ccc3c(c2)NC(=O)C3)C[C@@H]1n1ccnn1. The van der Waals surface area contributed by atoms with Gasteiger partial charge in [0.15, 0.2) is 0 Å². The van der Waals surface area contributed by atoms with E-state index in [0.29, 0.717) is 25.9 Å². The van der Waals surface area contributed by atoms with Crippen molar-refractivity contribution in [3.05, 3.63) is 41.7 Å². The maximum atomic E-state index is 12.8. The van der Waals surface area contributed by atoms with E-state index in [0.717, 1.165) is 16.8 Å². The third-order valence-corrected chi connectivity index (χ3v) is 5.21. The number of aromatic nitrogens is 3. The first-order chi connectivity index (χ1) is 12.5. The Kier molecular flexibility index (Phi) is 4.20. The van der Waals surface area contributed by atoms with Gasteiger partial charge in [-0.1, -0.05) is 17.3 Å². The molecule has 136 valence electrons. The number of nitrogens with zero attached hydrogens (tertiary/aromatic N) is 5. The molecule has 2 amide bonds. The molecule has 2 aromatic rings. The van der Waals surface area contributed by atoms with Crippen molar-refractivity contribution in [2.45, 2.75) is 24.9 Å². The molecule has 1 fully saturated rings. The fourth-order valence-corrected chi connectivity index (χ4v) is 3.79. The van der Waals surface area contributed by atoms with Crippen LogP contribution in [-0.2, 0) is 22.4 Å². The van der Waals surface area contributed by atoms with Gasteiger partial charge < -0.3 is 15.1 Å². The Hall–Kier alpha value is -2.74. The maximum absolute atomic E-state index is 12.8. The lowest BCUT2D eigenvalue weighted by molar-refractivity contribution is -0.129. The first-order valence-corrected chi connectivity index (χ1v) is 8.73. The van der Waals surface area contributed by atoms with Gasteiger partial charge in [0, 0.05) is 25.0 Å². The zero-order valence-electron chi connectivity index (χ0n) is 14.9. The number of amides is 2. The average Bonchev–Trinajstić information content (AvgIpc) is 3.32. The Bertz CT molecular complexity index is 832. The van der Waals surface area contributed by atoms with E-state index in [4.69, 9.17) is 0 Å². The van der Waals surface area contributed by atoms with Crippen LogP contribution in [0.5, 0.6) is 0 Å². The molecular formula is C18H22N6O2. The molecular weight excluding hydrogens is 332 g/mol. The summed E-state index contributed by atoms with van der Waals surface area (Å²) in [5.74, 6) is 0.0938. The molecule has 4 rings (SSSR count). The largest absolute Gasteiger partial charge is 0.339 e. The van der Waals surface area contributed by atoms with Crippen LogP contribution in [-0.4, -0.2) is 69.8 Å². The lowest BCUT2D eigenvalue weighted by Gasteiger charge is -2.24. The van der Waals surface area contributed by atoms with Crippen molar-refractivity contribution in [3.63, 3.8) is 0 Å². The summed E-state index contributed by atoms with van der Waals surface area (Å²) in [6.45, 7) is 1.28. The van der Waals surface area contributed by atoms with Gasteiger partial charge in [-0.3, -0.25) is 9.59 Å². The van der Waals surface area contributed by atoms with Gasteiger partial charge in [-0.05, 0) is 31.3 Å². The van der Waals surface area contributed by atoms with Crippen LogP contribution in [0.4, 0.5) is 5.69 Å². The van der Waals surface area contributed by atoms with Crippen LogP contribution in [0.25, 0.3) is 0 Å². The zero-order valence-corrected chi connectivity index (χ0v) is 14.9. The standard InChI is InChI=1S/C18H22N6O2/c1-22(2)15-10-23(11-16(15)24-6-5-19-21-24)18(26)8-12-3-4-13-9-17(25)20-14(13)7-12/h3-7,15-16H,8-11H2,1-2H3,(H,20,25)/t15-,16+/m1/s1. The highest BCUT2D eigenvalue weighted by molar-refractivity contribution is 5.99. The minimum Gasteiger partial charge on any atom is -0.339 e. The smallest absolute Gasteiger partial charge is 0.228 e. The molecule has 1 aromatic heterocycles. The van der Waals surface area contributed by atoms with Crippen molar-refractivity contribution in [1.29, 1.82) is 0 Å². The lowest BCUT2D eigenvalue weighted by atomic mass is 10.1. The Morgan fingerprint density at radius 2 is 2.19 bits per heavy atom. The second-order valence-corrected chi connectivity index (χ2v) is 7.17. The molecule has 2 aliphatic heterocycles. The topological polar surface area (TPSA) is 83.4 Å². The molecule has 2 atom stereocenters. The number of carbonyl (C=O) groups is 2. The summed E-state index contributed by atoms with van der Waals surface area (Å²) in [7, 11) is 4.04. The molecule has 0 saturated carbocycles. The number of nitrogens with one attached hydrogen (secondary N) is 1. The van der Waals surface area contributed by atoms with E-state index in [1.54, 1.807) is 6.20 Å². The highest BCUT2D eigenvalue weighted by Crippen LogP contribution is 2.27. The van der Waals surface area contributed by atoms with E-state index in [1.807, 2.05) is 48.1 Å². The van der Waals surface area contributed by atoms with Gasteiger partial charge >= 0.3 is 0 Å². The van der Waals surface area contributed by atoms with Crippen LogP contribution in [0, 0.1) is 0 Å². The minimum atomic E-state index is 0.00696. The normalized spacial score (nSPS) is 22.0. The van der Waals surface area contributed by atoms with Crippen LogP contribution in [0.15, 0.2) is 30.6 Å². The summed E-state index contributed by atoms with van der Waals surface area (Å²) >= 11 is 0. The number of benzene rings is 1. The van der Waals surface area contributed by atoms with Crippen LogP contribution in [0.1, 0.15) is 17.2 Å². The summed E-state index contributed by atoms with van der Waals surface area (Å²) in [5.41, 5.74) is 2.74. The molecule has 1 N–H and O–H groups in total. The summed E-state index contributed by atoms with van der Waals surface area (Å²) < 4.78 is 1.84. The van der Waals surface area contributed by atoms with Crippen LogP contribution in [0.2, 0.25) is 0 Å². The van der Waals surface area contributed by atoms with Gasteiger partial charge in [0.2, 0.25) is 11.8 Å². The molecule has 2 aliphatic rings. The number of hydrogen-bond donors (Lipinski definition) is 1. The van der Waals surface area contributed by atoms with Gasteiger partial charge in [-0.25, -0.2) is 4.68 Å². The summed E-state index contributed by atoms with van der Waals surface area (Å²) in [6, 6.07) is 6.06. The number of carbonyl (C=O) groups excluding carboxylic acids is 2. The summed E-state index contributed by atoms with van der Waals surface area (Å²) in [4.78, 5) is 28.3. The second-order valence-electron chi connectivity index (χ2n) is 7.17. The van der Waals surface area contributed by atoms with Crippen molar-refractivity contribution < 1.29 is 9.59 Å². The third kappa shape index (κ3) is 3.08. The van der Waals surface area contributed by atoms with E-state index in [-0.39, 0.29) is 23.9 Å². The molecule has 26 heavy (non-hydrogen) atoms. The van der Waals surface area contributed by atoms with Gasteiger partial charge in [0.25, 0.3) is 0 Å². The quantitative estimate of drug-likeness (QED) is 0.855. The van der Waals surface area contributed by atoms with E-state index in [2.05, 4.69) is 20.5 Å². The predicted molar refractivity (Wildman–Crippen MR) is 95.6 cm³/mol. The predicted octanol–water partition coefficient (Wildman–Crippen LogP) is 0.329. The second kappa shape index (κ2) is 6.53. The van der Waals surface area contributed by atoms with Crippen molar-refractivity contribution in [2.24, 2.45) is 0 Å². The molecule has 8 nitrogen and oxygen atoms in total. The zero-order chi connectivity index (χ0) is 18.3. The Labute approximate surface area is 151 Å². The fraction of sp³-hybridized carbons (Fsp3) is 0.444. The Morgan fingerprint density at radius 1 is 1.35 bits per heavy atom. The molecule has 0 radical (unpaired) electrons. The van der Waals surface area contributed by atoms with E-state index in [9.17, 15) is 9.59 Å². The number of likely N-dealkylation sites (N-methyl/N-ethyl adjacent to an activating group) is 1. The van der Waals surface area contributed by atoms with E-state index < -0.39 is 0 Å². The van der Waals surface area contributed by atoms with Gasteiger partial charge in [0.05, 0.1) is 31.1 Å². The molecule has 8 heteroatoms. The monoisotopic (exact) mass is 354 g/mol. The molecule has 0 unspecified atom stereocenters. The maximum Gasteiger partial charge on any atom is 0.228 e. The molecule has 3 heterocycles. The number of likely N-dealkylation sites (tertiary alicyclic amines) is 1. The van der Waals surface area contributed by atoms with Crippen molar-refractivity contribution >= 4 is 17.5 Å². The minimum absolute atomic E-state index is 0.00696. The van der Waals surface area contributed by atoms with Crippen LogP contribution >= 0.6 is 0 Å². The third-order valence-electron chi connectivity index (χ3n) is 5.21. The van der Waals surface area contributed by atoms with Crippen molar-refractivity contribution in [1.82, 2.24) is 24.8 Å². The Balaban J connectivity index is 1.47. The number of rotatable bonds is 4. The van der Waals surface area contributed by atoms with Gasteiger partial charge in [-0.2, -0.15) is 0 Å². The molecule has 1 saturated heterocycles. The van der Waals surface area contributed by atoms with E-state index in [1.165, 1.54) is 0 Å². The first kappa shape index (κ1) is 16.7. The lowest BCUT2D eigenvalue weighted by Crippen LogP contribution is -2.37. The molecule has 0 spiro atoms. The van der Waals surface area contributed by atoms with Crippen LogP contribution in [0.3, 0.4) is 0 Å². The Morgan fingerprint density at radius 3 is 2.92 bits per heavy atom. The number of hydrogen-bond acceptors (Lipinski definition) is 5. The van der Waals surface area contributed by atoms with Crippen molar-refractivity contribution in [3.8, 4) is 0 Å². The summed E-state index contributed by atoms with van der Waals surface area (Å²) in [5, 5.41) is 10.9. The number of anilines is 1. The first-order valence-electron chi connectivity index (χ1n) is 8.73. The van der Waals surface area contributed by atoms with Gasteiger partial charge in [0.1, 0.15) is 0 Å². The van der Waals surface area contributed by atoms with Crippen molar-refractivity contribution in [2.75, 3.05) is 32.5 Å². The molecule has 0 aliphatic carbocycles. The summed E-state index contributed by atoms with van der Waals surface area (Å²) in [6.07, 6.45) is 4.25. The van der Waals surface area contributed by atoms with Gasteiger partial charge in [-0.15, -0.1) is 5.10 Å². The van der Waals surface area contributed by atoms with Crippen LogP contribution < -0.4 is 5.32 Å².